The van der Waals surface area contributed by atoms with Gasteiger partial charge in [0, 0.05) is 10.2 Å². The lowest BCUT2D eigenvalue weighted by molar-refractivity contribution is 0.0597. The number of carbonyl (C=O) groups excluding carboxylic acids is 1. The van der Waals surface area contributed by atoms with Crippen LogP contribution in [0, 0.1) is 20.8 Å². The van der Waals surface area contributed by atoms with Crippen molar-refractivity contribution in [1.29, 1.82) is 0 Å². The first kappa shape index (κ1) is 16.8. The topological polar surface area (TPSA) is 48.4 Å². The first-order valence-corrected chi connectivity index (χ1v) is 7.70. The molecule has 1 heterocycles. The van der Waals surface area contributed by atoms with E-state index in [1.54, 1.807) is 13.0 Å². The Kier molecular flexibility index (Phi) is 5.08. The fraction of sp³-hybridized carbons (Fsp3) is 0.250. The number of rotatable bonds is 3. The van der Waals surface area contributed by atoms with Gasteiger partial charge in [0.05, 0.1) is 12.1 Å². The van der Waals surface area contributed by atoms with Crippen molar-refractivity contribution < 1.29 is 14.3 Å². The van der Waals surface area contributed by atoms with E-state index in [1.165, 1.54) is 7.11 Å². The molecule has 2 rings (SSSR count). The Balaban J connectivity index is 2.57. The van der Waals surface area contributed by atoms with Gasteiger partial charge in [-0.2, -0.15) is 0 Å². The van der Waals surface area contributed by atoms with E-state index in [0.29, 0.717) is 11.4 Å². The van der Waals surface area contributed by atoms with E-state index < -0.39 is 5.97 Å². The van der Waals surface area contributed by atoms with Gasteiger partial charge in [-0.25, -0.2) is 9.78 Å². The number of esters is 1. The van der Waals surface area contributed by atoms with Gasteiger partial charge in [-0.05, 0) is 50.1 Å². The van der Waals surface area contributed by atoms with Gasteiger partial charge < -0.3 is 9.47 Å². The third-order valence-electron chi connectivity index (χ3n) is 3.08. The lowest BCUT2D eigenvalue weighted by atomic mass is 10.1. The van der Waals surface area contributed by atoms with E-state index in [1.807, 2.05) is 26.0 Å². The predicted molar refractivity (Wildman–Crippen MR) is 89.0 cm³/mol. The molecule has 0 N–H and O–H groups in total. The van der Waals surface area contributed by atoms with Crippen LogP contribution in [0.25, 0.3) is 0 Å². The maximum atomic E-state index is 11.9. The Labute approximate surface area is 142 Å². The van der Waals surface area contributed by atoms with Crippen LogP contribution in [0.15, 0.2) is 22.7 Å². The van der Waals surface area contributed by atoms with Crippen LogP contribution in [0.1, 0.15) is 27.2 Å². The first-order chi connectivity index (χ1) is 10.3. The predicted octanol–water partition coefficient (Wildman–Crippen LogP) is 5.00. The molecule has 2 aromatic rings. The van der Waals surface area contributed by atoms with Crippen molar-refractivity contribution >= 4 is 33.5 Å². The molecule has 116 valence electrons. The maximum Gasteiger partial charge on any atom is 0.344 e. The molecule has 0 aliphatic heterocycles. The van der Waals surface area contributed by atoms with Crippen molar-refractivity contribution in [2.75, 3.05) is 7.11 Å². The summed E-state index contributed by atoms with van der Waals surface area (Å²) in [6.45, 7) is 5.62. The highest BCUT2D eigenvalue weighted by atomic mass is 79.9. The summed E-state index contributed by atoms with van der Waals surface area (Å²) in [6.07, 6.45) is 0. The third kappa shape index (κ3) is 3.42. The number of pyridine rings is 1. The molecule has 22 heavy (non-hydrogen) atoms. The molecule has 6 heteroatoms. The summed E-state index contributed by atoms with van der Waals surface area (Å²) >= 11 is 9.59. The quantitative estimate of drug-likeness (QED) is 0.699. The molecule has 0 radical (unpaired) electrons. The van der Waals surface area contributed by atoms with Crippen LogP contribution >= 0.6 is 27.5 Å². The minimum absolute atomic E-state index is 0.122. The van der Waals surface area contributed by atoms with Gasteiger partial charge in [0.25, 0.3) is 0 Å². The van der Waals surface area contributed by atoms with Gasteiger partial charge in [0.1, 0.15) is 11.3 Å². The van der Waals surface area contributed by atoms with Crippen LogP contribution < -0.4 is 4.74 Å². The number of carbonyl (C=O) groups is 1. The Hall–Kier alpha value is -1.59. The number of benzene rings is 1. The molecule has 1 aromatic heterocycles. The average molecular weight is 385 g/mol. The molecule has 0 saturated heterocycles. The summed E-state index contributed by atoms with van der Waals surface area (Å²) in [5.74, 6) is 0.202. The SMILES string of the molecule is COC(=O)c1c(Cl)cc(C)nc1Oc1c(C)cc(Br)cc1C. The molecule has 0 aliphatic carbocycles. The number of hydrogen-bond acceptors (Lipinski definition) is 4. The summed E-state index contributed by atoms with van der Waals surface area (Å²) in [5.41, 5.74) is 2.61. The third-order valence-corrected chi connectivity index (χ3v) is 3.84. The minimum Gasteiger partial charge on any atom is -0.465 e. The van der Waals surface area contributed by atoms with E-state index in [2.05, 4.69) is 20.9 Å². The van der Waals surface area contributed by atoms with Crippen molar-refractivity contribution in [3.63, 3.8) is 0 Å². The number of aromatic nitrogens is 1. The Morgan fingerprint density at radius 3 is 2.32 bits per heavy atom. The number of hydrogen-bond donors (Lipinski definition) is 0. The first-order valence-electron chi connectivity index (χ1n) is 6.53. The smallest absolute Gasteiger partial charge is 0.344 e. The Bertz CT molecular complexity index is 723. The molecule has 1 aromatic carbocycles. The molecular formula is C16H15BrClNO3. The number of ether oxygens (including phenoxy) is 2. The average Bonchev–Trinajstić information content (AvgIpc) is 2.41. The Morgan fingerprint density at radius 1 is 1.18 bits per heavy atom. The van der Waals surface area contributed by atoms with Gasteiger partial charge >= 0.3 is 5.97 Å². The number of nitrogens with zero attached hydrogens (tertiary/aromatic N) is 1. The highest BCUT2D eigenvalue weighted by Crippen LogP contribution is 2.34. The lowest BCUT2D eigenvalue weighted by Crippen LogP contribution is -2.08. The van der Waals surface area contributed by atoms with Crippen molar-refractivity contribution in [2.45, 2.75) is 20.8 Å². The monoisotopic (exact) mass is 383 g/mol. The van der Waals surface area contributed by atoms with Crippen molar-refractivity contribution in [2.24, 2.45) is 0 Å². The number of halogens is 2. The summed E-state index contributed by atoms with van der Waals surface area (Å²) in [4.78, 5) is 16.2. The highest BCUT2D eigenvalue weighted by molar-refractivity contribution is 9.10. The van der Waals surface area contributed by atoms with Gasteiger partial charge in [0.15, 0.2) is 0 Å². The number of aryl methyl sites for hydroxylation is 3. The van der Waals surface area contributed by atoms with Crippen LogP contribution in [0.5, 0.6) is 11.6 Å². The van der Waals surface area contributed by atoms with Crippen LogP contribution in [0.4, 0.5) is 0 Å². The van der Waals surface area contributed by atoms with Gasteiger partial charge in [-0.3, -0.25) is 0 Å². The molecule has 0 fully saturated rings. The molecule has 4 nitrogen and oxygen atoms in total. The lowest BCUT2D eigenvalue weighted by Gasteiger charge is -2.15. The largest absolute Gasteiger partial charge is 0.465 e. The zero-order valence-corrected chi connectivity index (χ0v) is 15.0. The van der Waals surface area contributed by atoms with E-state index in [9.17, 15) is 4.79 Å². The molecular weight excluding hydrogens is 370 g/mol. The van der Waals surface area contributed by atoms with E-state index in [-0.39, 0.29) is 16.5 Å². The second-order valence-electron chi connectivity index (χ2n) is 4.89. The van der Waals surface area contributed by atoms with Crippen LogP contribution in [0.3, 0.4) is 0 Å². The normalized spacial score (nSPS) is 10.5. The van der Waals surface area contributed by atoms with E-state index >= 15 is 0 Å². The highest BCUT2D eigenvalue weighted by Gasteiger charge is 2.21. The number of methoxy groups -OCH3 is 1. The van der Waals surface area contributed by atoms with Crippen molar-refractivity contribution in [1.82, 2.24) is 4.98 Å². The maximum absolute atomic E-state index is 11.9. The molecule has 0 aliphatic rings. The fourth-order valence-corrected chi connectivity index (χ4v) is 3.12. The van der Waals surface area contributed by atoms with Crippen molar-refractivity contribution in [3.8, 4) is 11.6 Å². The second kappa shape index (κ2) is 6.67. The van der Waals surface area contributed by atoms with Crippen LogP contribution in [0.2, 0.25) is 5.02 Å². The standard InChI is InChI=1S/C16H15BrClNO3/c1-8-5-11(17)6-9(2)14(8)22-15-13(16(20)21-4)12(18)7-10(3)19-15/h5-7H,1-4H3. The molecule has 0 unspecified atom stereocenters. The molecule has 0 saturated carbocycles. The molecule has 0 amide bonds. The van der Waals surface area contributed by atoms with Gasteiger partial charge in [0.2, 0.25) is 5.88 Å². The zero-order chi connectivity index (χ0) is 16.4. The minimum atomic E-state index is -0.583. The van der Waals surface area contributed by atoms with Crippen LogP contribution in [-0.2, 0) is 4.74 Å². The van der Waals surface area contributed by atoms with Gasteiger partial charge in [-0.15, -0.1) is 0 Å². The summed E-state index contributed by atoms with van der Waals surface area (Å²) in [7, 11) is 1.29. The summed E-state index contributed by atoms with van der Waals surface area (Å²) < 4.78 is 11.6. The molecule has 0 atom stereocenters. The second-order valence-corrected chi connectivity index (χ2v) is 6.21. The van der Waals surface area contributed by atoms with Crippen molar-refractivity contribution in [3.05, 3.63) is 50.1 Å². The zero-order valence-electron chi connectivity index (χ0n) is 12.7. The Morgan fingerprint density at radius 2 is 1.77 bits per heavy atom. The summed E-state index contributed by atoms with van der Waals surface area (Å²) in [5, 5.41) is 0.252. The van der Waals surface area contributed by atoms with E-state index in [4.69, 9.17) is 21.1 Å². The van der Waals surface area contributed by atoms with Crippen LogP contribution in [-0.4, -0.2) is 18.1 Å². The molecule has 0 spiro atoms. The van der Waals surface area contributed by atoms with E-state index in [0.717, 1.165) is 15.6 Å². The fourth-order valence-electron chi connectivity index (χ4n) is 2.12. The van der Waals surface area contributed by atoms with Gasteiger partial charge in [-0.1, -0.05) is 27.5 Å². The molecule has 0 bridgehead atoms. The summed E-state index contributed by atoms with van der Waals surface area (Å²) in [6, 6.07) is 5.46.